The van der Waals surface area contributed by atoms with Gasteiger partial charge in [0.05, 0.1) is 5.60 Å². The number of rotatable bonds is 4. The van der Waals surface area contributed by atoms with Crippen LogP contribution in [0.25, 0.3) is 0 Å². The molecule has 0 bridgehead atoms. The second-order valence-corrected chi connectivity index (χ2v) is 7.26. The fourth-order valence-corrected chi connectivity index (χ4v) is 3.05. The first-order chi connectivity index (χ1) is 7.24. The van der Waals surface area contributed by atoms with E-state index in [1.807, 2.05) is 0 Å². The Hall–Kier alpha value is 0.120. The second-order valence-electron chi connectivity index (χ2n) is 4.71. The summed E-state index contributed by atoms with van der Waals surface area (Å²) in [7, 11) is -3.28. The third-order valence-electron chi connectivity index (χ3n) is 2.47. The monoisotopic (exact) mass is 270 g/mol. The Labute approximate surface area is 102 Å². The average Bonchev–Trinajstić information content (AvgIpc) is 2.16. The predicted molar refractivity (Wildman–Crippen MR) is 64.0 cm³/mol. The van der Waals surface area contributed by atoms with Crippen LogP contribution in [0.4, 0.5) is 0 Å². The van der Waals surface area contributed by atoms with E-state index in [-0.39, 0.29) is 5.21 Å². The fraction of sp³-hybridized carbons (Fsp3) is 1.00. The molecular formula is C9H19ClN2O3S. The minimum atomic E-state index is -3.28. The highest BCUT2D eigenvalue weighted by Crippen LogP contribution is 2.12. The molecule has 96 valence electrons. The standard InChI is InChI=1S/C9H19ClN2O3S/c1-9(2,13)7-11-3-5-12(6-4-11)16(14,15)8-10/h13H,3-8H2,1-2H3. The molecule has 0 amide bonds. The molecule has 7 heteroatoms. The van der Waals surface area contributed by atoms with Gasteiger partial charge >= 0.3 is 0 Å². The van der Waals surface area contributed by atoms with Crippen LogP contribution in [-0.4, -0.2) is 66.3 Å². The topological polar surface area (TPSA) is 60.9 Å². The van der Waals surface area contributed by atoms with Crippen molar-refractivity contribution in [3.8, 4) is 0 Å². The van der Waals surface area contributed by atoms with Gasteiger partial charge in [-0.3, -0.25) is 4.90 Å². The normalized spacial score (nSPS) is 21.2. The van der Waals surface area contributed by atoms with Crippen LogP contribution in [0.5, 0.6) is 0 Å². The van der Waals surface area contributed by atoms with Crippen molar-refractivity contribution in [1.29, 1.82) is 0 Å². The molecule has 0 aromatic rings. The number of hydrogen-bond acceptors (Lipinski definition) is 4. The van der Waals surface area contributed by atoms with Crippen LogP contribution in [0.3, 0.4) is 0 Å². The summed E-state index contributed by atoms with van der Waals surface area (Å²) in [5, 5.41) is 9.28. The van der Waals surface area contributed by atoms with Crippen LogP contribution in [0.2, 0.25) is 0 Å². The van der Waals surface area contributed by atoms with Crippen molar-refractivity contribution in [3.63, 3.8) is 0 Å². The molecule has 1 aliphatic rings. The van der Waals surface area contributed by atoms with Gasteiger partial charge in [-0.15, -0.1) is 11.6 Å². The molecule has 1 heterocycles. The lowest BCUT2D eigenvalue weighted by Gasteiger charge is -2.36. The summed E-state index contributed by atoms with van der Waals surface area (Å²) in [5.41, 5.74) is -0.743. The zero-order valence-electron chi connectivity index (χ0n) is 9.69. The van der Waals surface area contributed by atoms with Gasteiger partial charge in [0.2, 0.25) is 10.0 Å². The zero-order valence-corrected chi connectivity index (χ0v) is 11.3. The number of aliphatic hydroxyl groups is 1. The molecule has 16 heavy (non-hydrogen) atoms. The average molecular weight is 271 g/mol. The summed E-state index contributed by atoms with van der Waals surface area (Å²) >= 11 is 5.39. The van der Waals surface area contributed by atoms with E-state index in [2.05, 4.69) is 4.90 Å². The number of alkyl halides is 1. The molecule has 0 spiro atoms. The Morgan fingerprint density at radius 1 is 1.25 bits per heavy atom. The molecule has 1 N–H and O–H groups in total. The SMILES string of the molecule is CC(C)(O)CN1CCN(S(=O)(=O)CCl)CC1. The molecular weight excluding hydrogens is 252 g/mol. The molecule has 1 rings (SSSR count). The van der Waals surface area contributed by atoms with Crippen LogP contribution in [0.15, 0.2) is 0 Å². The molecule has 1 aliphatic heterocycles. The molecule has 0 radical (unpaired) electrons. The van der Waals surface area contributed by atoms with Crippen LogP contribution in [0.1, 0.15) is 13.8 Å². The number of sulfonamides is 1. The molecule has 1 saturated heterocycles. The highest BCUT2D eigenvalue weighted by molar-refractivity contribution is 7.90. The molecule has 0 unspecified atom stereocenters. The van der Waals surface area contributed by atoms with E-state index in [1.165, 1.54) is 4.31 Å². The van der Waals surface area contributed by atoms with Crippen molar-refractivity contribution in [2.75, 3.05) is 37.9 Å². The Balaban J connectivity index is 2.46. The van der Waals surface area contributed by atoms with Crippen molar-refractivity contribution < 1.29 is 13.5 Å². The Kier molecular flexibility index (Phi) is 4.59. The minimum Gasteiger partial charge on any atom is -0.389 e. The minimum absolute atomic E-state index is 0.363. The number of hydrogen-bond donors (Lipinski definition) is 1. The molecule has 0 atom stereocenters. The van der Waals surface area contributed by atoms with E-state index in [4.69, 9.17) is 11.6 Å². The molecule has 5 nitrogen and oxygen atoms in total. The lowest BCUT2D eigenvalue weighted by molar-refractivity contribution is 0.0263. The van der Waals surface area contributed by atoms with Gasteiger partial charge < -0.3 is 5.11 Å². The van der Waals surface area contributed by atoms with Gasteiger partial charge in [-0.25, -0.2) is 8.42 Å². The van der Waals surface area contributed by atoms with Crippen LogP contribution < -0.4 is 0 Å². The summed E-state index contributed by atoms with van der Waals surface area (Å²) in [6.07, 6.45) is 0. The number of β-amino-alcohol motifs (C(OH)–C–C–N with tert-alkyl or cyclic N) is 1. The highest BCUT2D eigenvalue weighted by Gasteiger charge is 2.28. The Morgan fingerprint density at radius 2 is 1.75 bits per heavy atom. The van der Waals surface area contributed by atoms with Gasteiger partial charge in [0, 0.05) is 32.7 Å². The summed E-state index contributed by atoms with van der Waals surface area (Å²) in [6, 6.07) is 0. The molecule has 0 aliphatic carbocycles. The predicted octanol–water partition coefficient (Wildman–Crippen LogP) is -0.0990. The first kappa shape index (κ1) is 14.2. The first-order valence-corrected chi connectivity index (χ1v) is 7.37. The number of piperazine rings is 1. The molecule has 0 aromatic carbocycles. The van der Waals surface area contributed by atoms with Gasteiger partial charge in [-0.1, -0.05) is 0 Å². The smallest absolute Gasteiger partial charge is 0.228 e. The summed E-state index contributed by atoms with van der Waals surface area (Å²) in [5.74, 6) is 0. The van der Waals surface area contributed by atoms with Gasteiger partial charge in [0.25, 0.3) is 0 Å². The number of nitrogens with zero attached hydrogens (tertiary/aromatic N) is 2. The first-order valence-electron chi connectivity index (χ1n) is 5.23. The quantitative estimate of drug-likeness (QED) is 0.725. The van der Waals surface area contributed by atoms with Crippen LogP contribution >= 0.6 is 11.6 Å². The summed E-state index contributed by atoms with van der Waals surface area (Å²) < 4.78 is 24.3. The van der Waals surface area contributed by atoms with E-state index in [1.54, 1.807) is 13.8 Å². The van der Waals surface area contributed by atoms with E-state index in [0.717, 1.165) is 0 Å². The molecule has 0 aromatic heterocycles. The van der Waals surface area contributed by atoms with Gasteiger partial charge in [-0.05, 0) is 13.8 Å². The fourth-order valence-electron chi connectivity index (χ4n) is 1.78. The lowest BCUT2D eigenvalue weighted by Crippen LogP contribution is -2.52. The van der Waals surface area contributed by atoms with Crippen molar-refractivity contribution >= 4 is 21.6 Å². The van der Waals surface area contributed by atoms with E-state index < -0.39 is 15.6 Å². The Morgan fingerprint density at radius 3 is 2.12 bits per heavy atom. The third kappa shape index (κ3) is 4.18. The van der Waals surface area contributed by atoms with Gasteiger partial charge in [-0.2, -0.15) is 4.31 Å². The van der Waals surface area contributed by atoms with Gasteiger partial charge in [0.15, 0.2) is 0 Å². The molecule has 1 fully saturated rings. The van der Waals surface area contributed by atoms with Crippen molar-refractivity contribution in [1.82, 2.24) is 9.21 Å². The zero-order chi connectivity index (χ0) is 12.4. The van der Waals surface area contributed by atoms with E-state index in [9.17, 15) is 13.5 Å². The second kappa shape index (κ2) is 5.18. The van der Waals surface area contributed by atoms with Crippen LogP contribution in [-0.2, 0) is 10.0 Å². The van der Waals surface area contributed by atoms with Gasteiger partial charge in [0.1, 0.15) is 5.21 Å². The highest BCUT2D eigenvalue weighted by atomic mass is 35.5. The number of halogens is 1. The summed E-state index contributed by atoms with van der Waals surface area (Å²) in [4.78, 5) is 2.06. The molecule has 0 saturated carbocycles. The van der Waals surface area contributed by atoms with E-state index in [0.29, 0.717) is 32.7 Å². The van der Waals surface area contributed by atoms with Crippen molar-refractivity contribution in [2.45, 2.75) is 19.4 Å². The van der Waals surface area contributed by atoms with Crippen LogP contribution in [0, 0.1) is 0 Å². The maximum absolute atomic E-state index is 11.5. The summed E-state index contributed by atoms with van der Waals surface area (Å²) in [6.45, 7) is 6.22. The largest absolute Gasteiger partial charge is 0.389 e. The van der Waals surface area contributed by atoms with E-state index >= 15 is 0 Å². The van der Waals surface area contributed by atoms with Crippen molar-refractivity contribution in [2.24, 2.45) is 0 Å². The maximum Gasteiger partial charge on any atom is 0.228 e. The van der Waals surface area contributed by atoms with Crippen molar-refractivity contribution in [3.05, 3.63) is 0 Å². The maximum atomic E-state index is 11.5. The third-order valence-corrected chi connectivity index (χ3v) is 4.73. The Bertz CT molecular complexity index is 318. The lowest BCUT2D eigenvalue weighted by atomic mass is 10.1.